The highest BCUT2D eigenvalue weighted by atomic mass is 16.4. The van der Waals surface area contributed by atoms with Gasteiger partial charge >= 0.3 is 0 Å². The van der Waals surface area contributed by atoms with E-state index in [0.717, 1.165) is 4.68 Å². The summed E-state index contributed by atoms with van der Waals surface area (Å²) in [5, 5.41) is 33.8. The van der Waals surface area contributed by atoms with Gasteiger partial charge in [-0.15, -0.1) is 5.10 Å². The predicted molar refractivity (Wildman–Crippen MR) is 57.0 cm³/mol. The molecule has 18 heavy (non-hydrogen) atoms. The second kappa shape index (κ2) is 3.28. The molecule has 0 aliphatic heterocycles. The van der Waals surface area contributed by atoms with Crippen LogP contribution < -0.4 is 5.73 Å². The van der Waals surface area contributed by atoms with Crippen LogP contribution in [0.3, 0.4) is 0 Å². The number of rotatable bonds is 3. The van der Waals surface area contributed by atoms with Crippen molar-refractivity contribution in [2.45, 2.75) is 24.7 Å². The first-order chi connectivity index (χ1) is 8.44. The quantitative estimate of drug-likeness (QED) is 0.483. The lowest BCUT2D eigenvalue weighted by Gasteiger charge is -2.31. The van der Waals surface area contributed by atoms with Gasteiger partial charge in [0.1, 0.15) is 12.4 Å². The first kappa shape index (κ1) is 11.6. The van der Waals surface area contributed by atoms with Crippen LogP contribution in [0.4, 0.5) is 0 Å². The fourth-order valence-electron chi connectivity index (χ4n) is 3.01. The first-order valence-electron chi connectivity index (χ1n) is 5.67. The summed E-state index contributed by atoms with van der Waals surface area (Å²) in [6, 6.07) is 0. The summed E-state index contributed by atoms with van der Waals surface area (Å²) in [6.07, 6.45) is 0.988. The van der Waals surface area contributed by atoms with Crippen LogP contribution in [-0.4, -0.2) is 48.7 Å². The monoisotopic (exact) mass is 254 g/mol. The average Bonchev–Trinajstić information content (AvgIpc) is 2.74. The maximum Gasteiger partial charge on any atom is 0.288 e. The van der Waals surface area contributed by atoms with Crippen LogP contribution in [0.15, 0.2) is 6.33 Å². The minimum Gasteiger partial charge on any atom is -0.396 e. The summed E-state index contributed by atoms with van der Waals surface area (Å²) < 4.78 is 1.06. The SMILES string of the molecule is NC(=O)c1ncn([C@@]2(O)CC3CC3(CO)[C@H]2O)n1. The Morgan fingerprint density at radius 1 is 1.61 bits per heavy atom. The molecule has 0 spiro atoms. The van der Waals surface area contributed by atoms with Gasteiger partial charge in [0.2, 0.25) is 5.82 Å². The second-order valence-electron chi connectivity index (χ2n) is 5.15. The van der Waals surface area contributed by atoms with Crippen molar-refractivity contribution in [3.05, 3.63) is 12.2 Å². The van der Waals surface area contributed by atoms with Gasteiger partial charge in [-0.1, -0.05) is 0 Å². The lowest BCUT2D eigenvalue weighted by molar-refractivity contribution is -0.154. The average molecular weight is 254 g/mol. The Kier molecular flexibility index (Phi) is 2.11. The van der Waals surface area contributed by atoms with Crippen molar-refractivity contribution in [3.8, 4) is 0 Å². The molecule has 4 atom stereocenters. The van der Waals surface area contributed by atoms with Crippen LogP contribution >= 0.6 is 0 Å². The zero-order valence-corrected chi connectivity index (χ0v) is 9.52. The molecule has 2 saturated carbocycles. The van der Waals surface area contributed by atoms with Gasteiger partial charge in [-0.25, -0.2) is 9.67 Å². The number of nitrogens with two attached hydrogens (primary N) is 1. The minimum atomic E-state index is -1.63. The van der Waals surface area contributed by atoms with Crippen LogP contribution in [0.25, 0.3) is 0 Å². The van der Waals surface area contributed by atoms with Crippen LogP contribution in [0.1, 0.15) is 23.5 Å². The molecule has 8 heteroatoms. The molecule has 5 N–H and O–H groups in total. The molecule has 2 fully saturated rings. The summed E-state index contributed by atoms with van der Waals surface area (Å²) >= 11 is 0. The number of nitrogens with zero attached hydrogens (tertiary/aromatic N) is 3. The van der Waals surface area contributed by atoms with E-state index < -0.39 is 23.2 Å². The molecule has 0 radical (unpaired) electrons. The van der Waals surface area contributed by atoms with Gasteiger partial charge in [0, 0.05) is 11.8 Å². The Balaban J connectivity index is 1.94. The number of aliphatic hydroxyl groups excluding tert-OH is 2. The predicted octanol–water partition coefficient (Wildman–Crippen LogP) is -2.21. The van der Waals surface area contributed by atoms with E-state index in [1.807, 2.05) is 0 Å². The molecular weight excluding hydrogens is 240 g/mol. The Morgan fingerprint density at radius 2 is 2.33 bits per heavy atom. The summed E-state index contributed by atoms with van der Waals surface area (Å²) in [7, 11) is 0. The third-order valence-corrected chi connectivity index (χ3v) is 4.21. The Hall–Kier alpha value is -1.51. The van der Waals surface area contributed by atoms with Crippen molar-refractivity contribution >= 4 is 5.91 Å². The Morgan fingerprint density at radius 3 is 2.83 bits per heavy atom. The second-order valence-corrected chi connectivity index (χ2v) is 5.15. The highest BCUT2D eigenvalue weighted by molar-refractivity contribution is 5.88. The molecule has 2 unspecified atom stereocenters. The van der Waals surface area contributed by atoms with Gasteiger partial charge in [0.15, 0.2) is 5.72 Å². The van der Waals surface area contributed by atoms with Gasteiger partial charge in [-0.05, 0) is 12.3 Å². The number of primary amides is 1. The van der Waals surface area contributed by atoms with Crippen molar-refractivity contribution in [2.24, 2.45) is 17.1 Å². The number of carbonyl (C=O) groups excluding carboxylic acids is 1. The number of aliphatic hydroxyl groups is 3. The maximum atomic E-state index is 10.9. The van der Waals surface area contributed by atoms with Crippen molar-refractivity contribution in [1.82, 2.24) is 14.8 Å². The van der Waals surface area contributed by atoms with Gasteiger partial charge in [-0.3, -0.25) is 4.79 Å². The van der Waals surface area contributed by atoms with Crippen molar-refractivity contribution in [1.29, 1.82) is 0 Å². The van der Waals surface area contributed by atoms with E-state index in [0.29, 0.717) is 6.42 Å². The Labute approximate surface area is 102 Å². The summed E-state index contributed by atoms with van der Waals surface area (Å²) in [6.45, 7) is -0.182. The molecule has 1 aromatic rings. The van der Waals surface area contributed by atoms with E-state index in [1.165, 1.54) is 6.33 Å². The first-order valence-corrected chi connectivity index (χ1v) is 5.67. The van der Waals surface area contributed by atoms with E-state index in [2.05, 4.69) is 10.1 Å². The molecule has 3 rings (SSSR count). The van der Waals surface area contributed by atoms with Gasteiger partial charge in [0.05, 0.1) is 6.61 Å². The number of aromatic nitrogens is 3. The number of hydrogen-bond donors (Lipinski definition) is 4. The van der Waals surface area contributed by atoms with Crippen LogP contribution in [0.2, 0.25) is 0 Å². The molecule has 0 saturated heterocycles. The molecule has 1 amide bonds. The lowest BCUT2D eigenvalue weighted by Crippen LogP contribution is -2.47. The molecule has 1 heterocycles. The third kappa shape index (κ3) is 1.22. The topological polar surface area (TPSA) is 134 Å². The molecular formula is C10H14N4O4. The van der Waals surface area contributed by atoms with Crippen molar-refractivity contribution in [2.75, 3.05) is 6.61 Å². The van der Waals surface area contributed by atoms with Gasteiger partial charge in [0.25, 0.3) is 5.91 Å². The number of hydrogen-bond acceptors (Lipinski definition) is 6. The zero-order chi connectivity index (χ0) is 13.1. The van der Waals surface area contributed by atoms with E-state index >= 15 is 0 Å². The van der Waals surface area contributed by atoms with Crippen LogP contribution in [-0.2, 0) is 5.72 Å². The van der Waals surface area contributed by atoms with Crippen molar-refractivity contribution < 1.29 is 20.1 Å². The van der Waals surface area contributed by atoms with Crippen molar-refractivity contribution in [3.63, 3.8) is 0 Å². The van der Waals surface area contributed by atoms with E-state index in [4.69, 9.17) is 5.73 Å². The molecule has 0 aromatic carbocycles. The molecule has 2 aliphatic carbocycles. The fraction of sp³-hybridized carbons (Fsp3) is 0.700. The highest BCUT2D eigenvalue weighted by Crippen LogP contribution is 2.67. The number of carbonyl (C=O) groups is 1. The van der Waals surface area contributed by atoms with E-state index in [-0.39, 0.29) is 24.8 Å². The fourth-order valence-corrected chi connectivity index (χ4v) is 3.01. The largest absolute Gasteiger partial charge is 0.396 e. The van der Waals surface area contributed by atoms with E-state index in [1.54, 1.807) is 0 Å². The highest BCUT2D eigenvalue weighted by Gasteiger charge is 2.72. The summed E-state index contributed by atoms with van der Waals surface area (Å²) in [4.78, 5) is 14.6. The van der Waals surface area contributed by atoms with E-state index in [9.17, 15) is 20.1 Å². The molecule has 98 valence electrons. The smallest absolute Gasteiger partial charge is 0.288 e. The van der Waals surface area contributed by atoms with Crippen LogP contribution in [0, 0.1) is 11.3 Å². The minimum absolute atomic E-state index is 0.0590. The zero-order valence-electron chi connectivity index (χ0n) is 9.52. The summed E-state index contributed by atoms with van der Waals surface area (Å²) in [5.74, 6) is -0.954. The molecule has 0 bridgehead atoms. The normalized spacial score (nSPS) is 41.7. The van der Waals surface area contributed by atoms with Crippen LogP contribution in [0.5, 0.6) is 0 Å². The molecule has 8 nitrogen and oxygen atoms in total. The summed E-state index contributed by atoms with van der Waals surface area (Å²) in [5.41, 5.74) is 2.75. The molecule has 2 aliphatic rings. The van der Waals surface area contributed by atoms with Gasteiger partial charge < -0.3 is 21.1 Å². The Bertz CT molecular complexity index is 514. The number of fused-ring (bicyclic) bond motifs is 1. The lowest BCUT2D eigenvalue weighted by atomic mass is 9.97. The third-order valence-electron chi connectivity index (χ3n) is 4.21. The maximum absolute atomic E-state index is 10.9. The number of amides is 1. The van der Waals surface area contributed by atoms with Gasteiger partial charge in [-0.2, -0.15) is 0 Å². The standard InChI is InChI=1S/C10H14N4O4/c11-6(16)7-12-4-14(13-7)10(18)2-5-1-9(5,3-15)8(10)17/h4-5,8,15,17-18H,1-3H2,(H2,11,16)/t5?,8-,9?,10-/m1/s1. The molecule has 1 aromatic heterocycles.